The minimum absolute atomic E-state index is 0.727. The Morgan fingerprint density at radius 2 is 1.88 bits per heavy atom. The summed E-state index contributed by atoms with van der Waals surface area (Å²) < 4.78 is 0. The fourth-order valence-corrected chi connectivity index (χ4v) is 1.70. The van der Waals surface area contributed by atoms with Crippen molar-refractivity contribution in [2.24, 2.45) is 0 Å². The molecule has 0 aliphatic heterocycles. The van der Waals surface area contributed by atoms with Crippen molar-refractivity contribution < 1.29 is 0 Å². The molecule has 0 saturated heterocycles. The van der Waals surface area contributed by atoms with Crippen LogP contribution < -0.4 is 0 Å². The fraction of sp³-hybridized carbons (Fsp3) is 0.231. The van der Waals surface area contributed by atoms with Crippen LogP contribution in [-0.2, 0) is 6.42 Å². The molecule has 0 spiro atoms. The maximum Gasteiger partial charge on any atom is 0.159 e. The average molecular weight is 233 g/mol. The van der Waals surface area contributed by atoms with Crippen molar-refractivity contribution in [2.45, 2.75) is 20.3 Å². The number of hydrogen-bond acceptors (Lipinski definition) is 2. The minimum atomic E-state index is 0.727. The molecule has 0 unspecified atom stereocenters. The summed E-state index contributed by atoms with van der Waals surface area (Å²) in [6, 6.07) is 7.57. The van der Waals surface area contributed by atoms with Gasteiger partial charge in [-0.15, -0.1) is 0 Å². The van der Waals surface area contributed by atoms with E-state index in [1.165, 1.54) is 5.56 Å². The van der Waals surface area contributed by atoms with Gasteiger partial charge in [0.2, 0.25) is 0 Å². The number of halogens is 1. The molecule has 1 aromatic carbocycles. The van der Waals surface area contributed by atoms with E-state index in [0.717, 1.165) is 28.5 Å². The van der Waals surface area contributed by atoms with Crippen LogP contribution >= 0.6 is 11.6 Å². The van der Waals surface area contributed by atoms with E-state index in [-0.39, 0.29) is 0 Å². The van der Waals surface area contributed by atoms with Crippen molar-refractivity contribution in [3.8, 4) is 11.4 Å². The molecule has 0 aliphatic carbocycles. The number of nitrogens with zero attached hydrogens (tertiary/aromatic N) is 2. The lowest BCUT2D eigenvalue weighted by molar-refractivity contribution is 1.00. The quantitative estimate of drug-likeness (QED) is 0.790. The Morgan fingerprint density at radius 1 is 1.19 bits per heavy atom. The van der Waals surface area contributed by atoms with Crippen LogP contribution in [0.3, 0.4) is 0 Å². The van der Waals surface area contributed by atoms with Gasteiger partial charge in [0.25, 0.3) is 0 Å². The van der Waals surface area contributed by atoms with E-state index in [1.54, 1.807) is 0 Å². The molecule has 1 heterocycles. The Balaban J connectivity index is 2.41. The summed E-state index contributed by atoms with van der Waals surface area (Å²) in [6.45, 7) is 4.12. The summed E-state index contributed by atoms with van der Waals surface area (Å²) in [5.74, 6) is 0.756. The highest BCUT2D eigenvalue weighted by atomic mass is 35.5. The second kappa shape index (κ2) is 4.62. The molecule has 0 saturated carbocycles. The van der Waals surface area contributed by atoms with Gasteiger partial charge in [-0.3, -0.25) is 0 Å². The largest absolute Gasteiger partial charge is 0.236 e. The van der Waals surface area contributed by atoms with Crippen LogP contribution in [0.1, 0.15) is 18.2 Å². The Labute approximate surface area is 100 Å². The minimum Gasteiger partial charge on any atom is -0.236 e. The molecular weight excluding hydrogens is 220 g/mol. The summed E-state index contributed by atoms with van der Waals surface area (Å²) in [5.41, 5.74) is 3.23. The Morgan fingerprint density at radius 3 is 2.44 bits per heavy atom. The molecule has 2 nitrogen and oxygen atoms in total. The van der Waals surface area contributed by atoms with Crippen LogP contribution in [-0.4, -0.2) is 9.97 Å². The van der Waals surface area contributed by atoms with Gasteiger partial charge in [0.1, 0.15) is 0 Å². The first-order valence-electron chi connectivity index (χ1n) is 5.29. The van der Waals surface area contributed by atoms with Gasteiger partial charge in [-0.05, 0) is 43.2 Å². The highest BCUT2D eigenvalue weighted by Crippen LogP contribution is 2.18. The second-order valence-corrected chi connectivity index (χ2v) is 4.10. The summed E-state index contributed by atoms with van der Waals surface area (Å²) >= 11 is 5.84. The smallest absolute Gasteiger partial charge is 0.159 e. The lowest BCUT2D eigenvalue weighted by atomic mass is 10.1. The number of rotatable bonds is 2. The third-order valence-electron chi connectivity index (χ3n) is 2.56. The molecule has 0 radical (unpaired) electrons. The van der Waals surface area contributed by atoms with Crippen LogP contribution in [0.5, 0.6) is 0 Å². The molecule has 0 aliphatic rings. The van der Waals surface area contributed by atoms with Crippen molar-refractivity contribution in [1.29, 1.82) is 0 Å². The van der Waals surface area contributed by atoms with Crippen molar-refractivity contribution in [3.05, 3.63) is 46.7 Å². The SMILES string of the molecule is CCc1cnc(-c2ccc(Cl)cc2)nc1C. The van der Waals surface area contributed by atoms with E-state index in [1.807, 2.05) is 37.4 Å². The molecule has 0 amide bonds. The molecule has 2 aromatic rings. The highest BCUT2D eigenvalue weighted by Gasteiger charge is 2.04. The molecule has 0 bridgehead atoms. The van der Waals surface area contributed by atoms with E-state index in [0.29, 0.717) is 0 Å². The first-order chi connectivity index (χ1) is 7.70. The van der Waals surface area contributed by atoms with Crippen molar-refractivity contribution in [1.82, 2.24) is 9.97 Å². The van der Waals surface area contributed by atoms with Crippen LogP contribution in [0.15, 0.2) is 30.5 Å². The monoisotopic (exact) mass is 232 g/mol. The van der Waals surface area contributed by atoms with Gasteiger partial charge in [-0.1, -0.05) is 18.5 Å². The Bertz CT molecular complexity index is 492. The molecule has 0 N–H and O–H groups in total. The van der Waals surface area contributed by atoms with E-state index in [2.05, 4.69) is 16.9 Å². The molecule has 1 aromatic heterocycles. The van der Waals surface area contributed by atoms with Crippen molar-refractivity contribution in [2.75, 3.05) is 0 Å². The molecule has 0 fully saturated rings. The predicted molar refractivity (Wildman–Crippen MR) is 66.6 cm³/mol. The van der Waals surface area contributed by atoms with E-state index in [9.17, 15) is 0 Å². The summed E-state index contributed by atoms with van der Waals surface area (Å²) in [4.78, 5) is 8.85. The first kappa shape index (κ1) is 11.1. The van der Waals surface area contributed by atoms with Gasteiger partial charge in [0.05, 0.1) is 0 Å². The van der Waals surface area contributed by atoms with Crippen LogP contribution in [0.25, 0.3) is 11.4 Å². The lowest BCUT2D eigenvalue weighted by Crippen LogP contribution is -1.96. The van der Waals surface area contributed by atoms with Crippen molar-refractivity contribution >= 4 is 11.6 Å². The third-order valence-corrected chi connectivity index (χ3v) is 2.82. The summed E-state index contributed by atoms with van der Waals surface area (Å²) in [6.07, 6.45) is 2.86. The first-order valence-corrected chi connectivity index (χ1v) is 5.67. The zero-order valence-electron chi connectivity index (χ0n) is 9.37. The number of hydrogen-bond donors (Lipinski definition) is 0. The second-order valence-electron chi connectivity index (χ2n) is 3.66. The van der Waals surface area contributed by atoms with Crippen molar-refractivity contribution in [3.63, 3.8) is 0 Å². The molecule has 3 heteroatoms. The maximum absolute atomic E-state index is 5.84. The molecule has 0 atom stereocenters. The standard InChI is InChI=1S/C13H13ClN2/c1-3-10-8-15-13(16-9(10)2)11-4-6-12(14)7-5-11/h4-8H,3H2,1-2H3. The van der Waals surface area contributed by atoms with Gasteiger partial charge < -0.3 is 0 Å². The van der Waals surface area contributed by atoms with Gasteiger partial charge in [0, 0.05) is 22.5 Å². The number of aryl methyl sites for hydroxylation is 2. The van der Waals surface area contributed by atoms with Crippen LogP contribution in [0.4, 0.5) is 0 Å². The zero-order chi connectivity index (χ0) is 11.5. The summed E-state index contributed by atoms with van der Waals surface area (Å²) in [5, 5.41) is 0.727. The van der Waals surface area contributed by atoms with E-state index < -0.39 is 0 Å². The van der Waals surface area contributed by atoms with Crippen LogP contribution in [0.2, 0.25) is 5.02 Å². The van der Waals surface area contributed by atoms with Gasteiger partial charge in [-0.25, -0.2) is 9.97 Å². The fourth-order valence-electron chi connectivity index (χ4n) is 1.58. The Kier molecular flexibility index (Phi) is 3.20. The number of aromatic nitrogens is 2. The molecular formula is C13H13ClN2. The normalized spacial score (nSPS) is 10.4. The number of benzene rings is 1. The molecule has 16 heavy (non-hydrogen) atoms. The van der Waals surface area contributed by atoms with E-state index in [4.69, 9.17) is 11.6 Å². The third kappa shape index (κ3) is 2.22. The Hall–Kier alpha value is -1.41. The van der Waals surface area contributed by atoms with Gasteiger partial charge >= 0.3 is 0 Å². The van der Waals surface area contributed by atoms with Crippen LogP contribution in [0, 0.1) is 6.92 Å². The summed E-state index contributed by atoms with van der Waals surface area (Å²) in [7, 11) is 0. The zero-order valence-corrected chi connectivity index (χ0v) is 10.1. The average Bonchev–Trinajstić information content (AvgIpc) is 2.30. The van der Waals surface area contributed by atoms with Gasteiger partial charge in [-0.2, -0.15) is 0 Å². The van der Waals surface area contributed by atoms with E-state index >= 15 is 0 Å². The molecule has 82 valence electrons. The highest BCUT2D eigenvalue weighted by molar-refractivity contribution is 6.30. The maximum atomic E-state index is 5.84. The van der Waals surface area contributed by atoms with Gasteiger partial charge in [0.15, 0.2) is 5.82 Å². The molecule has 2 rings (SSSR count). The predicted octanol–water partition coefficient (Wildman–Crippen LogP) is 3.67. The lowest BCUT2D eigenvalue weighted by Gasteiger charge is -2.05. The topological polar surface area (TPSA) is 25.8 Å².